The second kappa shape index (κ2) is 6.79. The van der Waals surface area contributed by atoms with Gasteiger partial charge in [0.15, 0.2) is 0 Å². The Labute approximate surface area is 122 Å². The van der Waals surface area contributed by atoms with E-state index in [0.29, 0.717) is 11.3 Å². The maximum Gasteiger partial charge on any atom is 0.317 e. The monoisotopic (exact) mass is 282 g/mol. The Morgan fingerprint density at radius 3 is 2.45 bits per heavy atom. The number of urea groups is 1. The third kappa shape index (κ3) is 3.66. The fourth-order valence-electron chi connectivity index (χ4n) is 3.74. The third-order valence-corrected chi connectivity index (χ3v) is 5.54. The summed E-state index contributed by atoms with van der Waals surface area (Å²) in [6.07, 6.45) is 7.89. The first-order valence-corrected chi connectivity index (χ1v) is 8.27. The maximum absolute atomic E-state index is 12.2. The summed E-state index contributed by atoms with van der Waals surface area (Å²) in [6, 6.07) is 0.0915. The van der Waals surface area contributed by atoms with E-state index in [-0.39, 0.29) is 12.1 Å². The molecule has 1 aliphatic carbocycles. The van der Waals surface area contributed by atoms with E-state index in [1.807, 2.05) is 11.8 Å². The molecule has 0 aromatic rings. The lowest BCUT2D eigenvalue weighted by molar-refractivity contribution is 0.0791. The van der Waals surface area contributed by atoms with Gasteiger partial charge in [-0.2, -0.15) is 0 Å². The number of nitrogens with one attached hydrogen (secondary N) is 1. The molecule has 0 radical (unpaired) electrons. The van der Waals surface area contributed by atoms with Gasteiger partial charge in [-0.25, -0.2) is 4.79 Å². The first kappa shape index (κ1) is 15.6. The topological polar surface area (TPSA) is 52.6 Å². The van der Waals surface area contributed by atoms with Crippen LogP contribution in [-0.4, -0.2) is 41.8 Å². The SMILES string of the molecule is CCC1(CNC(=O)N2CCC(C(C)O)CC2)CCCC1. The van der Waals surface area contributed by atoms with Gasteiger partial charge in [0.1, 0.15) is 0 Å². The zero-order valence-electron chi connectivity index (χ0n) is 13.0. The van der Waals surface area contributed by atoms with Crippen molar-refractivity contribution in [1.82, 2.24) is 10.2 Å². The van der Waals surface area contributed by atoms with Crippen LogP contribution < -0.4 is 5.32 Å². The molecule has 1 atom stereocenters. The summed E-state index contributed by atoms with van der Waals surface area (Å²) >= 11 is 0. The Morgan fingerprint density at radius 2 is 1.95 bits per heavy atom. The number of hydrogen-bond acceptors (Lipinski definition) is 2. The Balaban J connectivity index is 1.75. The molecule has 0 aromatic heterocycles. The highest BCUT2D eigenvalue weighted by molar-refractivity contribution is 5.74. The lowest BCUT2D eigenvalue weighted by atomic mass is 9.83. The van der Waals surface area contributed by atoms with Gasteiger partial charge in [-0.1, -0.05) is 19.8 Å². The van der Waals surface area contributed by atoms with Gasteiger partial charge in [0, 0.05) is 19.6 Å². The van der Waals surface area contributed by atoms with Crippen molar-refractivity contribution in [2.24, 2.45) is 11.3 Å². The van der Waals surface area contributed by atoms with Crippen molar-refractivity contribution >= 4 is 6.03 Å². The maximum atomic E-state index is 12.2. The van der Waals surface area contributed by atoms with Crippen LogP contribution in [-0.2, 0) is 0 Å². The first-order valence-electron chi connectivity index (χ1n) is 8.27. The first-order chi connectivity index (χ1) is 9.56. The summed E-state index contributed by atoms with van der Waals surface area (Å²) in [4.78, 5) is 14.2. The fourth-order valence-corrected chi connectivity index (χ4v) is 3.74. The number of likely N-dealkylation sites (tertiary alicyclic amines) is 1. The molecule has 0 spiro atoms. The minimum atomic E-state index is -0.248. The van der Waals surface area contributed by atoms with Gasteiger partial charge < -0.3 is 15.3 Å². The molecule has 0 bridgehead atoms. The lowest BCUT2D eigenvalue weighted by Crippen LogP contribution is -2.48. The van der Waals surface area contributed by atoms with E-state index < -0.39 is 0 Å². The van der Waals surface area contributed by atoms with E-state index in [2.05, 4.69) is 12.2 Å². The molecule has 1 heterocycles. The predicted molar refractivity (Wildman–Crippen MR) is 80.6 cm³/mol. The number of amides is 2. The third-order valence-electron chi connectivity index (χ3n) is 5.54. The van der Waals surface area contributed by atoms with Crippen molar-refractivity contribution in [1.29, 1.82) is 0 Å². The number of carbonyl (C=O) groups is 1. The highest BCUT2D eigenvalue weighted by atomic mass is 16.3. The Kier molecular flexibility index (Phi) is 5.30. The number of hydrogen-bond donors (Lipinski definition) is 2. The van der Waals surface area contributed by atoms with E-state index in [4.69, 9.17) is 0 Å². The number of aliphatic hydroxyl groups is 1. The largest absolute Gasteiger partial charge is 0.393 e. The quantitative estimate of drug-likeness (QED) is 0.833. The van der Waals surface area contributed by atoms with Crippen LogP contribution in [0.5, 0.6) is 0 Å². The normalized spacial score (nSPS) is 24.6. The van der Waals surface area contributed by atoms with Crippen molar-refractivity contribution in [3.8, 4) is 0 Å². The van der Waals surface area contributed by atoms with Crippen LogP contribution in [0.3, 0.4) is 0 Å². The van der Waals surface area contributed by atoms with Crippen LogP contribution in [0.25, 0.3) is 0 Å². The number of piperidine rings is 1. The average Bonchev–Trinajstić information content (AvgIpc) is 2.94. The number of carbonyl (C=O) groups excluding carboxylic acids is 1. The lowest BCUT2D eigenvalue weighted by Gasteiger charge is -2.35. The van der Waals surface area contributed by atoms with Gasteiger partial charge in [0.05, 0.1) is 6.10 Å². The molecule has 4 heteroatoms. The van der Waals surface area contributed by atoms with Crippen LogP contribution in [0.15, 0.2) is 0 Å². The fraction of sp³-hybridized carbons (Fsp3) is 0.938. The molecule has 4 nitrogen and oxygen atoms in total. The Morgan fingerprint density at radius 1 is 1.35 bits per heavy atom. The van der Waals surface area contributed by atoms with E-state index in [9.17, 15) is 9.90 Å². The molecule has 116 valence electrons. The zero-order valence-corrected chi connectivity index (χ0v) is 13.0. The molecule has 2 amide bonds. The van der Waals surface area contributed by atoms with Gasteiger partial charge in [0.25, 0.3) is 0 Å². The standard InChI is InChI=1S/C16H30N2O2/c1-3-16(8-4-5-9-16)12-17-15(20)18-10-6-14(7-11-18)13(2)19/h13-14,19H,3-12H2,1-2H3,(H,17,20). The number of nitrogens with zero attached hydrogens (tertiary/aromatic N) is 1. The minimum Gasteiger partial charge on any atom is -0.393 e. The second-order valence-electron chi connectivity index (χ2n) is 6.78. The molecule has 2 aliphatic rings. The molecule has 2 fully saturated rings. The molecule has 2 rings (SSSR count). The summed E-state index contributed by atoms with van der Waals surface area (Å²) < 4.78 is 0. The summed E-state index contributed by atoms with van der Waals surface area (Å²) in [7, 11) is 0. The van der Waals surface area contributed by atoms with Gasteiger partial charge in [-0.3, -0.25) is 0 Å². The molecule has 1 unspecified atom stereocenters. The highest BCUT2D eigenvalue weighted by Gasteiger charge is 2.33. The summed E-state index contributed by atoms with van der Waals surface area (Å²) in [5, 5.41) is 12.8. The Hall–Kier alpha value is -0.770. The molecule has 1 aliphatic heterocycles. The highest BCUT2D eigenvalue weighted by Crippen LogP contribution is 2.40. The molecule has 1 saturated carbocycles. The molecular weight excluding hydrogens is 252 g/mol. The zero-order chi connectivity index (χ0) is 14.6. The van der Waals surface area contributed by atoms with Crippen molar-refractivity contribution in [2.45, 2.75) is 64.9 Å². The summed E-state index contributed by atoms with van der Waals surface area (Å²) in [5.41, 5.74) is 0.355. The number of aliphatic hydroxyl groups excluding tert-OH is 1. The van der Waals surface area contributed by atoms with Gasteiger partial charge in [-0.15, -0.1) is 0 Å². The summed E-state index contributed by atoms with van der Waals surface area (Å²) in [6.45, 7) is 6.48. The van der Waals surface area contributed by atoms with E-state index in [1.165, 1.54) is 25.7 Å². The van der Waals surface area contributed by atoms with Crippen LogP contribution in [0.4, 0.5) is 4.79 Å². The molecule has 2 N–H and O–H groups in total. The molecule has 1 saturated heterocycles. The van der Waals surface area contributed by atoms with E-state index in [1.54, 1.807) is 0 Å². The van der Waals surface area contributed by atoms with Crippen LogP contribution in [0, 0.1) is 11.3 Å². The minimum absolute atomic E-state index is 0.0915. The van der Waals surface area contributed by atoms with Crippen LogP contribution in [0.2, 0.25) is 0 Å². The van der Waals surface area contributed by atoms with Crippen molar-refractivity contribution in [3.63, 3.8) is 0 Å². The van der Waals surface area contributed by atoms with Gasteiger partial charge in [-0.05, 0) is 50.4 Å². The van der Waals surface area contributed by atoms with Gasteiger partial charge in [0.2, 0.25) is 0 Å². The van der Waals surface area contributed by atoms with E-state index in [0.717, 1.165) is 38.9 Å². The van der Waals surface area contributed by atoms with E-state index >= 15 is 0 Å². The molecule has 0 aromatic carbocycles. The smallest absolute Gasteiger partial charge is 0.317 e. The van der Waals surface area contributed by atoms with Crippen LogP contribution >= 0.6 is 0 Å². The Bertz CT molecular complexity index is 316. The van der Waals surface area contributed by atoms with Gasteiger partial charge >= 0.3 is 6.03 Å². The predicted octanol–water partition coefficient (Wildman–Crippen LogP) is 2.76. The second-order valence-corrected chi connectivity index (χ2v) is 6.78. The van der Waals surface area contributed by atoms with Crippen molar-refractivity contribution in [2.75, 3.05) is 19.6 Å². The van der Waals surface area contributed by atoms with Crippen molar-refractivity contribution < 1.29 is 9.90 Å². The summed E-state index contributed by atoms with van der Waals surface area (Å²) in [5.74, 6) is 0.357. The molecule has 20 heavy (non-hydrogen) atoms. The van der Waals surface area contributed by atoms with Crippen LogP contribution in [0.1, 0.15) is 58.8 Å². The average molecular weight is 282 g/mol. The van der Waals surface area contributed by atoms with Crippen molar-refractivity contribution in [3.05, 3.63) is 0 Å². The molecular formula is C16H30N2O2. The number of rotatable bonds is 4.